The Morgan fingerprint density at radius 3 is 2.67 bits per heavy atom. The molecule has 1 saturated heterocycles. The Labute approximate surface area is 126 Å². The van der Waals surface area contributed by atoms with Gasteiger partial charge in [0.15, 0.2) is 0 Å². The summed E-state index contributed by atoms with van der Waals surface area (Å²) in [5.41, 5.74) is 8.48. The van der Waals surface area contributed by atoms with Crippen LogP contribution < -0.4 is 5.73 Å². The van der Waals surface area contributed by atoms with E-state index in [1.54, 1.807) is 0 Å². The molecule has 0 radical (unpaired) electrons. The third-order valence-electron chi connectivity index (χ3n) is 4.92. The van der Waals surface area contributed by atoms with Crippen molar-refractivity contribution in [2.75, 3.05) is 26.7 Å². The quantitative estimate of drug-likeness (QED) is 0.939. The van der Waals surface area contributed by atoms with E-state index < -0.39 is 0 Å². The fourth-order valence-corrected chi connectivity index (χ4v) is 3.65. The van der Waals surface area contributed by atoms with E-state index in [9.17, 15) is 0 Å². The molecule has 1 fully saturated rings. The minimum absolute atomic E-state index is 0.381. The topological polar surface area (TPSA) is 47.1 Å². The van der Waals surface area contributed by atoms with E-state index in [-0.39, 0.29) is 0 Å². The molecule has 0 bridgehead atoms. The van der Waals surface area contributed by atoms with Gasteiger partial charge in [0.25, 0.3) is 0 Å². The number of benzene rings is 1. The summed E-state index contributed by atoms with van der Waals surface area (Å²) in [5, 5.41) is 0. The first-order valence-electron chi connectivity index (χ1n) is 8.08. The van der Waals surface area contributed by atoms with Gasteiger partial charge in [-0.15, -0.1) is 0 Å². The predicted molar refractivity (Wildman–Crippen MR) is 87.4 cm³/mol. The number of piperidine rings is 1. The molecule has 1 unspecified atom stereocenters. The fraction of sp³-hybridized carbons (Fsp3) is 0.588. The number of nitrogens with two attached hydrogens (primary N) is 1. The molecule has 0 amide bonds. The van der Waals surface area contributed by atoms with Gasteiger partial charge in [-0.1, -0.05) is 12.1 Å². The number of rotatable bonds is 4. The number of aromatic nitrogens is 2. The maximum Gasteiger partial charge on any atom is 0.114 e. The van der Waals surface area contributed by atoms with E-state index in [2.05, 4.69) is 47.7 Å². The largest absolute Gasteiger partial charge is 0.330 e. The van der Waals surface area contributed by atoms with Gasteiger partial charge in [0.05, 0.1) is 11.0 Å². The third-order valence-corrected chi connectivity index (χ3v) is 4.92. The van der Waals surface area contributed by atoms with Gasteiger partial charge in [-0.3, -0.25) is 0 Å². The van der Waals surface area contributed by atoms with Gasteiger partial charge in [0, 0.05) is 19.0 Å². The third kappa shape index (κ3) is 2.70. The highest BCUT2D eigenvalue weighted by Gasteiger charge is 2.29. The average Bonchev–Trinajstić information content (AvgIpc) is 2.88. The van der Waals surface area contributed by atoms with Crippen LogP contribution in [0.25, 0.3) is 11.0 Å². The first-order chi connectivity index (χ1) is 10.2. The van der Waals surface area contributed by atoms with Gasteiger partial charge >= 0.3 is 0 Å². The van der Waals surface area contributed by atoms with Gasteiger partial charge in [-0.2, -0.15) is 0 Å². The van der Waals surface area contributed by atoms with Crippen LogP contribution in [-0.2, 0) is 6.54 Å². The van der Waals surface area contributed by atoms with Gasteiger partial charge < -0.3 is 15.2 Å². The second-order valence-electron chi connectivity index (χ2n) is 6.19. The lowest BCUT2D eigenvalue weighted by Crippen LogP contribution is -2.35. The average molecular weight is 286 g/mol. The Morgan fingerprint density at radius 2 is 2.00 bits per heavy atom. The minimum Gasteiger partial charge on any atom is -0.330 e. The van der Waals surface area contributed by atoms with E-state index in [1.807, 2.05) is 0 Å². The molecule has 3 rings (SSSR count). The normalized spacial score (nSPS) is 19.2. The molecule has 1 aromatic heterocycles. The van der Waals surface area contributed by atoms with Gasteiger partial charge in [0.2, 0.25) is 0 Å². The van der Waals surface area contributed by atoms with Crippen molar-refractivity contribution in [3.63, 3.8) is 0 Å². The zero-order valence-corrected chi connectivity index (χ0v) is 13.1. The number of aryl methyl sites for hydroxylation is 1. The zero-order valence-electron chi connectivity index (χ0n) is 13.1. The molecule has 0 spiro atoms. The summed E-state index contributed by atoms with van der Waals surface area (Å²) >= 11 is 0. The molecule has 1 atom stereocenters. The second kappa shape index (κ2) is 6.16. The second-order valence-corrected chi connectivity index (χ2v) is 6.19. The van der Waals surface area contributed by atoms with Crippen LogP contribution in [-0.4, -0.2) is 41.1 Å². The van der Waals surface area contributed by atoms with Crippen molar-refractivity contribution < 1.29 is 0 Å². The number of imidazole rings is 1. The molecule has 4 nitrogen and oxygen atoms in total. The van der Waals surface area contributed by atoms with E-state index >= 15 is 0 Å². The molecular weight excluding hydrogens is 260 g/mol. The molecule has 1 aliphatic rings. The lowest BCUT2D eigenvalue weighted by Gasteiger charge is -2.33. The Bertz CT molecular complexity index is 596. The van der Waals surface area contributed by atoms with Crippen LogP contribution in [0.5, 0.6) is 0 Å². The SMILES string of the molecule is CCn1c(C(CN)C2CCN(C)CC2)nc2ccccc21. The van der Waals surface area contributed by atoms with Crippen LogP contribution in [0.2, 0.25) is 0 Å². The summed E-state index contributed by atoms with van der Waals surface area (Å²) in [5.74, 6) is 2.23. The highest BCUT2D eigenvalue weighted by Crippen LogP contribution is 2.33. The van der Waals surface area contributed by atoms with Crippen LogP contribution in [0.1, 0.15) is 31.5 Å². The molecule has 0 saturated carbocycles. The van der Waals surface area contributed by atoms with Crippen LogP contribution in [0.15, 0.2) is 24.3 Å². The number of para-hydroxylation sites is 2. The lowest BCUT2D eigenvalue weighted by atomic mass is 9.83. The summed E-state index contributed by atoms with van der Waals surface area (Å²) < 4.78 is 2.35. The fourth-order valence-electron chi connectivity index (χ4n) is 3.65. The summed E-state index contributed by atoms with van der Waals surface area (Å²) in [7, 11) is 2.20. The molecule has 1 aromatic carbocycles. The van der Waals surface area contributed by atoms with Crippen molar-refractivity contribution in [2.24, 2.45) is 11.7 Å². The summed E-state index contributed by atoms with van der Waals surface area (Å²) in [6, 6.07) is 8.42. The van der Waals surface area contributed by atoms with Crippen molar-refractivity contribution in [3.8, 4) is 0 Å². The molecule has 21 heavy (non-hydrogen) atoms. The molecule has 2 aromatic rings. The predicted octanol–water partition coefficient (Wildman–Crippen LogP) is 2.44. The number of fused-ring (bicyclic) bond motifs is 1. The number of nitrogens with zero attached hydrogens (tertiary/aromatic N) is 3. The standard InChI is InChI=1S/C17H26N4/c1-3-21-16-7-5-4-6-15(16)19-17(21)14(12-18)13-8-10-20(2)11-9-13/h4-7,13-14H,3,8-12,18H2,1-2H3. The Kier molecular flexibility index (Phi) is 4.27. The van der Waals surface area contributed by atoms with Gasteiger partial charge in [-0.05, 0) is 58.0 Å². The lowest BCUT2D eigenvalue weighted by molar-refractivity contribution is 0.195. The number of hydrogen-bond donors (Lipinski definition) is 1. The summed E-state index contributed by atoms with van der Waals surface area (Å²) in [4.78, 5) is 7.33. The summed E-state index contributed by atoms with van der Waals surface area (Å²) in [6.07, 6.45) is 2.45. The molecular formula is C17H26N4. The monoisotopic (exact) mass is 286 g/mol. The van der Waals surface area contributed by atoms with Crippen LogP contribution in [0.4, 0.5) is 0 Å². The van der Waals surface area contributed by atoms with Crippen molar-refractivity contribution in [2.45, 2.75) is 32.2 Å². The van der Waals surface area contributed by atoms with E-state index in [0.717, 1.165) is 12.1 Å². The summed E-state index contributed by atoms with van der Waals surface area (Å²) in [6.45, 7) is 6.19. The number of likely N-dealkylation sites (tertiary alicyclic amines) is 1. The minimum atomic E-state index is 0.381. The van der Waals surface area contributed by atoms with Crippen LogP contribution in [0, 0.1) is 5.92 Å². The maximum absolute atomic E-state index is 6.15. The molecule has 4 heteroatoms. The zero-order chi connectivity index (χ0) is 14.8. The Balaban J connectivity index is 1.96. The van der Waals surface area contributed by atoms with Crippen molar-refractivity contribution >= 4 is 11.0 Å². The highest BCUT2D eigenvalue weighted by atomic mass is 15.1. The number of hydrogen-bond acceptors (Lipinski definition) is 3. The first kappa shape index (κ1) is 14.5. The van der Waals surface area contributed by atoms with Gasteiger partial charge in [-0.25, -0.2) is 4.98 Å². The highest BCUT2D eigenvalue weighted by molar-refractivity contribution is 5.76. The van der Waals surface area contributed by atoms with Crippen molar-refractivity contribution in [1.82, 2.24) is 14.5 Å². The Hall–Kier alpha value is -1.39. The first-order valence-corrected chi connectivity index (χ1v) is 8.08. The molecule has 1 aliphatic heterocycles. The van der Waals surface area contributed by atoms with E-state index in [4.69, 9.17) is 10.7 Å². The van der Waals surface area contributed by atoms with Crippen molar-refractivity contribution in [1.29, 1.82) is 0 Å². The molecule has 114 valence electrons. The van der Waals surface area contributed by atoms with E-state index in [1.165, 1.54) is 37.3 Å². The van der Waals surface area contributed by atoms with Crippen LogP contribution >= 0.6 is 0 Å². The molecule has 2 heterocycles. The van der Waals surface area contributed by atoms with Crippen molar-refractivity contribution in [3.05, 3.63) is 30.1 Å². The molecule has 0 aliphatic carbocycles. The Morgan fingerprint density at radius 1 is 1.29 bits per heavy atom. The molecule has 2 N–H and O–H groups in total. The van der Waals surface area contributed by atoms with Gasteiger partial charge in [0.1, 0.15) is 5.82 Å². The van der Waals surface area contributed by atoms with Crippen LogP contribution in [0.3, 0.4) is 0 Å². The maximum atomic E-state index is 6.15. The van der Waals surface area contributed by atoms with E-state index in [0.29, 0.717) is 18.4 Å². The smallest absolute Gasteiger partial charge is 0.114 e.